The van der Waals surface area contributed by atoms with Crippen LogP contribution < -0.4 is 9.64 Å². The van der Waals surface area contributed by atoms with Gasteiger partial charge in [-0.05, 0) is 24.3 Å². The second-order valence-corrected chi connectivity index (χ2v) is 7.55. The van der Waals surface area contributed by atoms with Gasteiger partial charge in [0.1, 0.15) is 23.6 Å². The molecule has 0 amide bonds. The van der Waals surface area contributed by atoms with Crippen molar-refractivity contribution >= 4 is 5.82 Å². The Kier molecular flexibility index (Phi) is 5.55. The molecule has 0 aliphatic carbocycles. The molecule has 10 heteroatoms. The number of benzene rings is 1. The third-order valence-corrected chi connectivity index (χ3v) is 5.23. The zero-order chi connectivity index (χ0) is 22.2. The van der Waals surface area contributed by atoms with E-state index in [9.17, 15) is 22.0 Å². The van der Waals surface area contributed by atoms with E-state index >= 15 is 0 Å². The molecule has 4 rings (SSSR count). The lowest BCUT2D eigenvalue weighted by atomic mass is 9.96. The Bertz CT molecular complexity index is 1030. The summed E-state index contributed by atoms with van der Waals surface area (Å²) in [5, 5.41) is 6.78. The number of nitrogens with one attached hydrogen (secondary N) is 1. The van der Waals surface area contributed by atoms with E-state index in [1.807, 2.05) is 11.8 Å². The minimum Gasteiger partial charge on any atom is -0.473 e. The third kappa shape index (κ3) is 4.78. The predicted octanol–water partition coefficient (Wildman–Crippen LogP) is 5.06. The minimum atomic E-state index is -4.42. The number of nitrogens with zero attached hydrogens (tertiary/aromatic N) is 3. The number of piperidine rings is 1. The molecule has 3 aromatic rings. The van der Waals surface area contributed by atoms with Crippen molar-refractivity contribution in [3.05, 3.63) is 59.8 Å². The SMILES string of the molecule is C[C@@H]1CN(c2ccc(C(F)(F)F)cn2)CC[C@H]1Oc1cc(-c2cc(F)cc(F)c2)[nH]n1. The van der Waals surface area contributed by atoms with Crippen LogP contribution in [0.1, 0.15) is 18.9 Å². The number of H-pyrrole nitrogens is 1. The number of rotatable bonds is 4. The van der Waals surface area contributed by atoms with Gasteiger partial charge in [-0.2, -0.15) is 13.2 Å². The Morgan fingerprint density at radius 3 is 2.45 bits per heavy atom. The zero-order valence-electron chi connectivity index (χ0n) is 16.5. The van der Waals surface area contributed by atoms with Gasteiger partial charge >= 0.3 is 6.18 Å². The van der Waals surface area contributed by atoms with Crippen LogP contribution in [0.2, 0.25) is 0 Å². The van der Waals surface area contributed by atoms with Crippen LogP contribution in [0.4, 0.5) is 27.8 Å². The molecule has 1 N–H and O–H groups in total. The van der Waals surface area contributed by atoms with Gasteiger partial charge in [-0.3, -0.25) is 5.10 Å². The molecule has 0 spiro atoms. The number of ether oxygens (including phenoxy) is 1. The first-order valence-corrected chi connectivity index (χ1v) is 9.66. The number of hydrogen-bond acceptors (Lipinski definition) is 4. The van der Waals surface area contributed by atoms with E-state index in [4.69, 9.17) is 4.74 Å². The van der Waals surface area contributed by atoms with Gasteiger partial charge in [0.15, 0.2) is 0 Å². The molecule has 164 valence electrons. The Hall–Kier alpha value is -3.17. The van der Waals surface area contributed by atoms with Crippen molar-refractivity contribution in [2.24, 2.45) is 5.92 Å². The third-order valence-electron chi connectivity index (χ3n) is 5.23. The van der Waals surface area contributed by atoms with Crippen LogP contribution in [0, 0.1) is 17.6 Å². The molecule has 2 atom stereocenters. The predicted molar refractivity (Wildman–Crippen MR) is 104 cm³/mol. The van der Waals surface area contributed by atoms with Crippen LogP contribution in [0.15, 0.2) is 42.6 Å². The molecule has 1 aliphatic heterocycles. The summed E-state index contributed by atoms with van der Waals surface area (Å²) < 4.78 is 71.0. The molecule has 3 heterocycles. The molecular formula is C21H19F5N4O. The standard InChI is InChI=1S/C21H19F5N4O/c1-12-11-30(19-3-2-14(10-27-19)21(24,25)26)5-4-18(12)31-20-9-17(28-29-20)13-6-15(22)8-16(23)7-13/h2-3,6-10,12,18H,4-5,11H2,1H3,(H,28,29)/t12-,18-/m1/s1. The number of aromatic nitrogens is 3. The first-order valence-electron chi connectivity index (χ1n) is 9.66. The largest absolute Gasteiger partial charge is 0.473 e. The number of hydrogen-bond donors (Lipinski definition) is 1. The molecular weight excluding hydrogens is 419 g/mol. The number of alkyl halides is 3. The summed E-state index contributed by atoms with van der Waals surface area (Å²) in [6, 6.07) is 7.14. The van der Waals surface area contributed by atoms with Crippen LogP contribution in [-0.2, 0) is 6.18 Å². The van der Waals surface area contributed by atoms with Gasteiger partial charge in [-0.1, -0.05) is 6.92 Å². The van der Waals surface area contributed by atoms with E-state index in [-0.39, 0.29) is 12.0 Å². The van der Waals surface area contributed by atoms with Gasteiger partial charge in [0, 0.05) is 49.3 Å². The second-order valence-electron chi connectivity index (χ2n) is 7.55. The normalized spacial score (nSPS) is 19.5. The maximum Gasteiger partial charge on any atom is 0.417 e. The summed E-state index contributed by atoms with van der Waals surface area (Å²) in [6.45, 7) is 3.08. The summed E-state index contributed by atoms with van der Waals surface area (Å²) in [6.07, 6.45) is -3.14. The summed E-state index contributed by atoms with van der Waals surface area (Å²) >= 11 is 0. The van der Waals surface area contributed by atoms with Gasteiger partial charge < -0.3 is 9.64 Å². The van der Waals surface area contributed by atoms with Crippen molar-refractivity contribution in [1.29, 1.82) is 0 Å². The van der Waals surface area contributed by atoms with E-state index < -0.39 is 23.4 Å². The van der Waals surface area contributed by atoms with Crippen molar-refractivity contribution in [2.75, 3.05) is 18.0 Å². The molecule has 1 aliphatic rings. The molecule has 1 fully saturated rings. The Morgan fingerprint density at radius 1 is 1.10 bits per heavy atom. The van der Waals surface area contributed by atoms with E-state index in [0.717, 1.165) is 18.3 Å². The highest BCUT2D eigenvalue weighted by Crippen LogP contribution is 2.31. The van der Waals surface area contributed by atoms with Crippen LogP contribution in [0.3, 0.4) is 0 Å². The summed E-state index contributed by atoms with van der Waals surface area (Å²) in [5.74, 6) is -0.550. The lowest BCUT2D eigenvalue weighted by molar-refractivity contribution is -0.137. The number of halogens is 5. The maximum absolute atomic E-state index is 13.4. The van der Waals surface area contributed by atoms with E-state index in [0.29, 0.717) is 42.5 Å². The molecule has 0 saturated carbocycles. The van der Waals surface area contributed by atoms with Crippen LogP contribution in [0.5, 0.6) is 5.88 Å². The summed E-state index contributed by atoms with van der Waals surface area (Å²) in [4.78, 5) is 5.86. The van der Waals surface area contributed by atoms with E-state index in [1.54, 1.807) is 6.07 Å². The van der Waals surface area contributed by atoms with Crippen LogP contribution in [-0.4, -0.2) is 34.4 Å². The van der Waals surface area contributed by atoms with Gasteiger partial charge in [0.25, 0.3) is 0 Å². The lowest BCUT2D eigenvalue weighted by Gasteiger charge is -2.37. The first kappa shape index (κ1) is 21.1. The minimum absolute atomic E-state index is 0.0459. The highest BCUT2D eigenvalue weighted by molar-refractivity contribution is 5.60. The Labute approximate surface area is 174 Å². The average molecular weight is 438 g/mol. The highest BCUT2D eigenvalue weighted by atomic mass is 19.4. The quantitative estimate of drug-likeness (QED) is 0.579. The zero-order valence-corrected chi connectivity index (χ0v) is 16.5. The molecule has 0 bridgehead atoms. The smallest absolute Gasteiger partial charge is 0.417 e. The van der Waals surface area contributed by atoms with Crippen LogP contribution >= 0.6 is 0 Å². The maximum atomic E-state index is 13.4. The monoisotopic (exact) mass is 438 g/mol. The fourth-order valence-electron chi connectivity index (χ4n) is 3.62. The molecule has 1 aromatic carbocycles. The van der Waals surface area contributed by atoms with Crippen molar-refractivity contribution in [1.82, 2.24) is 15.2 Å². The second kappa shape index (κ2) is 8.16. The number of pyridine rings is 1. The molecule has 0 radical (unpaired) electrons. The lowest BCUT2D eigenvalue weighted by Crippen LogP contribution is -2.44. The fourth-order valence-corrected chi connectivity index (χ4v) is 3.62. The molecule has 2 aromatic heterocycles. The van der Waals surface area contributed by atoms with Crippen LogP contribution in [0.25, 0.3) is 11.3 Å². The van der Waals surface area contributed by atoms with Crippen molar-refractivity contribution in [2.45, 2.75) is 25.6 Å². The van der Waals surface area contributed by atoms with E-state index in [1.165, 1.54) is 18.2 Å². The highest BCUT2D eigenvalue weighted by Gasteiger charge is 2.32. The van der Waals surface area contributed by atoms with Crippen molar-refractivity contribution < 1.29 is 26.7 Å². The van der Waals surface area contributed by atoms with E-state index in [2.05, 4.69) is 15.2 Å². The Balaban J connectivity index is 1.39. The molecule has 1 saturated heterocycles. The fraction of sp³-hybridized carbons (Fsp3) is 0.333. The summed E-state index contributed by atoms with van der Waals surface area (Å²) in [7, 11) is 0. The number of anilines is 1. The Morgan fingerprint density at radius 2 is 1.84 bits per heavy atom. The average Bonchev–Trinajstić information content (AvgIpc) is 3.17. The van der Waals surface area contributed by atoms with Crippen molar-refractivity contribution in [3.63, 3.8) is 0 Å². The van der Waals surface area contributed by atoms with Gasteiger partial charge in [-0.15, -0.1) is 5.10 Å². The molecule has 5 nitrogen and oxygen atoms in total. The van der Waals surface area contributed by atoms with Crippen molar-refractivity contribution in [3.8, 4) is 17.1 Å². The molecule has 0 unspecified atom stereocenters. The molecule has 31 heavy (non-hydrogen) atoms. The topological polar surface area (TPSA) is 54.0 Å². The first-order chi connectivity index (χ1) is 14.7. The summed E-state index contributed by atoms with van der Waals surface area (Å²) in [5.41, 5.74) is -0.0430. The van der Waals surface area contributed by atoms with Gasteiger partial charge in [0.05, 0.1) is 11.3 Å². The van der Waals surface area contributed by atoms with Gasteiger partial charge in [-0.25, -0.2) is 13.8 Å². The van der Waals surface area contributed by atoms with Gasteiger partial charge in [0.2, 0.25) is 5.88 Å². The number of aromatic amines is 1.